The van der Waals surface area contributed by atoms with E-state index in [1.807, 2.05) is 0 Å². The molecule has 0 spiro atoms. The number of halogens is 5. The molecule has 0 atom stereocenters. The molecule has 0 fully saturated rings. The van der Waals surface area contributed by atoms with Crippen LogP contribution in [-0.2, 0) is 17.5 Å². The van der Waals surface area contributed by atoms with E-state index in [1.54, 1.807) is 0 Å². The predicted molar refractivity (Wildman–Crippen MR) is 128 cm³/mol. The minimum Gasteiger partial charge on any atom is -0.365 e. The molecular weight excluding hydrogens is 588 g/mol. The summed E-state index contributed by atoms with van der Waals surface area (Å²) in [6, 6.07) is 5.34. The Hall–Kier alpha value is -3.92. The molecule has 16 heteroatoms. The number of thiophene rings is 1. The number of aromatic nitrogens is 3. The van der Waals surface area contributed by atoms with Gasteiger partial charge >= 0.3 is 12.0 Å². The summed E-state index contributed by atoms with van der Waals surface area (Å²) < 4.78 is 55.4. The summed E-state index contributed by atoms with van der Waals surface area (Å²) in [5.41, 5.74) is 4.16. The number of amides is 2. The molecule has 0 saturated carbocycles. The van der Waals surface area contributed by atoms with E-state index in [4.69, 9.17) is 5.73 Å². The molecule has 0 unspecified atom stereocenters. The van der Waals surface area contributed by atoms with Crippen molar-refractivity contribution in [2.45, 2.75) is 19.1 Å². The van der Waals surface area contributed by atoms with Gasteiger partial charge in [-0.25, -0.2) is 9.37 Å². The lowest BCUT2D eigenvalue weighted by atomic mass is 10.0. The van der Waals surface area contributed by atoms with Gasteiger partial charge in [-0.15, -0.1) is 11.3 Å². The molecule has 3 heterocycles. The molecule has 1 aromatic carbocycles. The van der Waals surface area contributed by atoms with Crippen LogP contribution in [0.5, 0.6) is 0 Å². The predicted octanol–water partition coefficient (Wildman–Crippen LogP) is 5.12. The Morgan fingerprint density at radius 2 is 1.92 bits per heavy atom. The number of anilines is 1. The molecule has 192 valence electrons. The van der Waals surface area contributed by atoms with Crippen LogP contribution in [0.25, 0.3) is 21.3 Å². The highest BCUT2D eigenvalue weighted by Crippen LogP contribution is 2.43. The van der Waals surface area contributed by atoms with Gasteiger partial charge in [0, 0.05) is 11.8 Å². The van der Waals surface area contributed by atoms with Crippen LogP contribution in [0.2, 0.25) is 0 Å². The SMILES string of the molecule is NC(=O)c1sc2nc(C(F)(F)F)cc(-c3ccc(F)cc3)c2c1NC(=O)CCn1cc(Br)c([N+](=O)[O-])n1. The summed E-state index contributed by atoms with van der Waals surface area (Å²) in [5.74, 6) is -2.76. The third kappa shape index (κ3) is 5.43. The number of carbonyl (C=O) groups is 2. The van der Waals surface area contributed by atoms with Crippen LogP contribution in [0.1, 0.15) is 21.8 Å². The molecule has 3 N–H and O–H groups in total. The summed E-state index contributed by atoms with van der Waals surface area (Å²) >= 11 is 3.56. The third-order valence-electron chi connectivity index (χ3n) is 5.04. The number of fused-ring (bicyclic) bond motifs is 1. The molecule has 0 bridgehead atoms. The summed E-state index contributed by atoms with van der Waals surface area (Å²) in [5, 5.41) is 17.2. The van der Waals surface area contributed by atoms with Crippen LogP contribution >= 0.6 is 27.3 Å². The van der Waals surface area contributed by atoms with Crippen LogP contribution in [0.4, 0.5) is 29.1 Å². The highest BCUT2D eigenvalue weighted by molar-refractivity contribution is 9.10. The minimum atomic E-state index is -4.83. The summed E-state index contributed by atoms with van der Waals surface area (Å²) in [7, 11) is 0. The fraction of sp³-hybridized carbons (Fsp3) is 0.143. The van der Waals surface area contributed by atoms with Crippen molar-refractivity contribution < 1.29 is 32.1 Å². The number of aryl methyl sites for hydroxylation is 1. The Morgan fingerprint density at radius 1 is 1.24 bits per heavy atom. The van der Waals surface area contributed by atoms with E-state index in [0.717, 1.165) is 22.9 Å². The standard InChI is InChI=1S/C21H13BrF4N6O4S/c22-12-8-31(30-19(12)32(35)36)6-5-14(33)29-16-15-11(9-1-3-10(23)4-2-9)7-13(21(24,25)26)28-20(15)37-17(16)18(27)34/h1-4,7-8H,5-6H2,(H2,27,34)(H,29,33). The number of benzene rings is 1. The van der Waals surface area contributed by atoms with Crippen molar-refractivity contribution in [3.05, 3.63) is 67.5 Å². The second-order valence-corrected chi connectivity index (χ2v) is 9.38. The van der Waals surface area contributed by atoms with Crippen molar-refractivity contribution in [1.29, 1.82) is 0 Å². The van der Waals surface area contributed by atoms with Crippen molar-refractivity contribution in [2.75, 3.05) is 5.32 Å². The first-order valence-electron chi connectivity index (χ1n) is 10.1. The maximum Gasteiger partial charge on any atom is 0.433 e. The number of alkyl halides is 3. The van der Waals surface area contributed by atoms with Gasteiger partial charge in [-0.2, -0.15) is 17.9 Å². The number of nitro groups is 1. The van der Waals surface area contributed by atoms with E-state index in [1.165, 1.54) is 18.3 Å². The third-order valence-corrected chi connectivity index (χ3v) is 6.69. The van der Waals surface area contributed by atoms with Gasteiger partial charge in [0.2, 0.25) is 5.91 Å². The van der Waals surface area contributed by atoms with Gasteiger partial charge in [-0.05, 0) is 50.2 Å². The van der Waals surface area contributed by atoms with Gasteiger partial charge in [0.25, 0.3) is 5.91 Å². The van der Waals surface area contributed by atoms with Crippen LogP contribution < -0.4 is 11.1 Å². The highest BCUT2D eigenvalue weighted by Gasteiger charge is 2.35. The Kier molecular flexibility index (Phi) is 6.96. The smallest absolute Gasteiger partial charge is 0.365 e. The molecule has 0 aliphatic carbocycles. The molecule has 0 radical (unpaired) electrons. The maximum atomic E-state index is 13.6. The molecule has 3 aromatic heterocycles. The van der Waals surface area contributed by atoms with Gasteiger partial charge < -0.3 is 21.2 Å². The fourth-order valence-electron chi connectivity index (χ4n) is 3.44. The number of primary amides is 1. The molecule has 2 amide bonds. The number of nitrogens with zero attached hydrogens (tertiary/aromatic N) is 4. The van der Waals surface area contributed by atoms with Crippen LogP contribution in [0.15, 0.2) is 41.0 Å². The zero-order valence-corrected chi connectivity index (χ0v) is 20.6. The van der Waals surface area contributed by atoms with Crippen molar-refractivity contribution in [2.24, 2.45) is 5.73 Å². The van der Waals surface area contributed by atoms with E-state index in [0.29, 0.717) is 11.3 Å². The maximum absolute atomic E-state index is 13.6. The zero-order chi connectivity index (χ0) is 27.1. The number of carbonyl (C=O) groups excluding carboxylic acids is 2. The van der Waals surface area contributed by atoms with Gasteiger partial charge in [0.05, 0.1) is 23.5 Å². The second kappa shape index (κ2) is 9.85. The van der Waals surface area contributed by atoms with Gasteiger partial charge in [0.1, 0.15) is 25.7 Å². The van der Waals surface area contributed by atoms with E-state index in [2.05, 4.69) is 31.3 Å². The quantitative estimate of drug-likeness (QED) is 0.171. The summed E-state index contributed by atoms with van der Waals surface area (Å²) in [6.07, 6.45) is -3.79. The first-order valence-corrected chi connectivity index (χ1v) is 11.7. The average molecular weight is 601 g/mol. The Balaban J connectivity index is 1.76. The van der Waals surface area contributed by atoms with Crippen LogP contribution in [0, 0.1) is 15.9 Å². The van der Waals surface area contributed by atoms with Gasteiger partial charge in [-0.3, -0.25) is 9.59 Å². The van der Waals surface area contributed by atoms with Crippen molar-refractivity contribution in [3.8, 4) is 11.1 Å². The first-order chi connectivity index (χ1) is 17.3. The zero-order valence-electron chi connectivity index (χ0n) is 18.2. The Morgan fingerprint density at radius 3 is 2.49 bits per heavy atom. The molecule has 0 aliphatic rings. The number of pyridine rings is 1. The molecular formula is C21H13BrF4N6O4S. The molecule has 10 nitrogen and oxygen atoms in total. The van der Waals surface area contributed by atoms with E-state index in [-0.39, 0.29) is 49.3 Å². The van der Waals surface area contributed by atoms with E-state index in [9.17, 15) is 37.3 Å². The monoisotopic (exact) mass is 600 g/mol. The van der Waals surface area contributed by atoms with Crippen LogP contribution in [0.3, 0.4) is 0 Å². The van der Waals surface area contributed by atoms with Crippen molar-refractivity contribution >= 4 is 60.8 Å². The van der Waals surface area contributed by atoms with E-state index < -0.39 is 40.2 Å². The molecule has 4 rings (SSSR count). The lowest BCUT2D eigenvalue weighted by Crippen LogP contribution is -2.18. The number of rotatable bonds is 7. The molecule has 0 saturated heterocycles. The number of hydrogen-bond donors (Lipinski definition) is 2. The number of nitrogens with two attached hydrogens (primary N) is 1. The largest absolute Gasteiger partial charge is 0.433 e. The van der Waals surface area contributed by atoms with Gasteiger partial charge in [-0.1, -0.05) is 12.1 Å². The molecule has 37 heavy (non-hydrogen) atoms. The lowest BCUT2D eigenvalue weighted by molar-refractivity contribution is -0.390. The first kappa shape index (κ1) is 26.2. The molecule has 4 aromatic rings. The van der Waals surface area contributed by atoms with Crippen molar-refractivity contribution in [3.63, 3.8) is 0 Å². The lowest BCUT2D eigenvalue weighted by Gasteiger charge is -2.12. The van der Waals surface area contributed by atoms with Crippen LogP contribution in [-0.4, -0.2) is 31.5 Å². The molecule has 0 aliphatic heterocycles. The summed E-state index contributed by atoms with van der Waals surface area (Å²) in [4.78, 5) is 38.3. The number of nitrogens with one attached hydrogen (secondary N) is 1. The second-order valence-electron chi connectivity index (χ2n) is 7.53. The summed E-state index contributed by atoms with van der Waals surface area (Å²) in [6.45, 7) is -0.0897. The Bertz CT molecular complexity index is 1550. The van der Waals surface area contributed by atoms with Gasteiger partial charge in [0.15, 0.2) is 0 Å². The topological polar surface area (TPSA) is 146 Å². The minimum absolute atomic E-state index is 0.0178. The van der Waals surface area contributed by atoms with Crippen molar-refractivity contribution in [1.82, 2.24) is 14.8 Å². The normalized spacial score (nSPS) is 11.6. The number of hydrogen-bond acceptors (Lipinski definition) is 7. The average Bonchev–Trinajstić information content (AvgIpc) is 3.37. The fourth-order valence-corrected chi connectivity index (χ4v) is 4.90. The Labute approximate surface area is 216 Å². The van der Waals surface area contributed by atoms with E-state index >= 15 is 0 Å². The highest BCUT2D eigenvalue weighted by atomic mass is 79.9.